The molecule has 6 aromatic rings. The van der Waals surface area contributed by atoms with Crippen LogP contribution in [0.2, 0.25) is 0 Å². The molecule has 0 spiro atoms. The van der Waals surface area contributed by atoms with Crippen molar-refractivity contribution < 1.29 is 4.42 Å². The van der Waals surface area contributed by atoms with E-state index in [1.165, 1.54) is 11.1 Å². The fourth-order valence-electron chi connectivity index (χ4n) is 4.06. The molecular weight excluding hydrogens is 541 g/mol. The second-order valence-electron chi connectivity index (χ2n) is 8.84. The van der Waals surface area contributed by atoms with E-state index in [1.54, 1.807) is 34.9 Å². The van der Waals surface area contributed by atoms with Crippen molar-refractivity contribution in [3.05, 3.63) is 132 Å². The van der Waals surface area contributed by atoms with E-state index in [2.05, 4.69) is 105 Å². The molecule has 0 unspecified atom stereocenters. The maximum absolute atomic E-state index is 5.91. The molecule has 0 saturated heterocycles. The number of aromatic nitrogens is 4. The van der Waals surface area contributed by atoms with E-state index in [-0.39, 0.29) is 0 Å². The molecule has 0 saturated carbocycles. The molecule has 0 aliphatic heterocycles. The van der Waals surface area contributed by atoms with Crippen molar-refractivity contribution >= 4 is 34.9 Å². The highest BCUT2D eigenvalue weighted by Gasteiger charge is 2.11. The van der Waals surface area contributed by atoms with Gasteiger partial charge < -0.3 is 4.42 Å². The summed E-state index contributed by atoms with van der Waals surface area (Å²) in [7, 11) is 0. The molecule has 0 aliphatic rings. The van der Waals surface area contributed by atoms with Crippen LogP contribution in [0.5, 0.6) is 0 Å². The summed E-state index contributed by atoms with van der Waals surface area (Å²) >= 11 is 4.91. The predicted octanol–water partition coefficient (Wildman–Crippen LogP) is 8.43. The minimum Gasteiger partial charge on any atom is -0.416 e. The van der Waals surface area contributed by atoms with Gasteiger partial charge in [0.25, 0.3) is 5.22 Å². The zero-order valence-corrected chi connectivity index (χ0v) is 23.4. The zero-order chi connectivity index (χ0) is 26.3. The molecule has 6 rings (SSSR count). The van der Waals surface area contributed by atoms with Crippen LogP contribution in [-0.4, -0.2) is 20.4 Å². The van der Waals surface area contributed by atoms with E-state index in [4.69, 9.17) is 4.42 Å². The zero-order valence-electron chi connectivity index (χ0n) is 20.9. The third kappa shape index (κ3) is 6.84. The maximum Gasteiger partial charge on any atom is 0.276 e. The van der Waals surface area contributed by atoms with E-state index in [0.717, 1.165) is 43.1 Å². The molecule has 192 valence electrons. The molecule has 0 N–H and O–H groups in total. The van der Waals surface area contributed by atoms with Gasteiger partial charge in [-0.1, -0.05) is 138 Å². The summed E-state index contributed by atoms with van der Waals surface area (Å²) in [5.41, 5.74) is 6.97. The standard InChI is InChI=1S/C31H24N4OS3/c1-3-9-22(10-4-1)20-37-30-34-32-28(36-30)18-24-13-7-14-25(17-24)26-15-8-16-27(19-26)29-33-35-31(39-29)38-21-23-11-5-2-6-12-23/h1-17,19H,18,20-21H2. The average Bonchev–Trinajstić information content (AvgIpc) is 3.66. The van der Waals surface area contributed by atoms with E-state index in [1.807, 2.05) is 24.3 Å². The highest BCUT2D eigenvalue weighted by Crippen LogP contribution is 2.33. The summed E-state index contributed by atoms with van der Waals surface area (Å²) in [4.78, 5) is 0. The van der Waals surface area contributed by atoms with Crippen molar-refractivity contribution in [3.8, 4) is 21.7 Å². The Morgan fingerprint density at radius 1 is 0.564 bits per heavy atom. The lowest BCUT2D eigenvalue weighted by molar-refractivity contribution is 0.420. The third-order valence-corrected chi connectivity index (χ3v) is 9.06. The van der Waals surface area contributed by atoms with Crippen LogP contribution in [0.4, 0.5) is 0 Å². The van der Waals surface area contributed by atoms with E-state index in [9.17, 15) is 0 Å². The molecule has 4 aromatic carbocycles. The molecule has 5 nitrogen and oxygen atoms in total. The van der Waals surface area contributed by atoms with Crippen LogP contribution in [0.3, 0.4) is 0 Å². The average molecular weight is 565 g/mol. The predicted molar refractivity (Wildman–Crippen MR) is 160 cm³/mol. The Bertz CT molecular complexity index is 1650. The Morgan fingerprint density at radius 2 is 1.21 bits per heavy atom. The monoisotopic (exact) mass is 564 g/mol. The summed E-state index contributed by atoms with van der Waals surface area (Å²) in [6.45, 7) is 0. The van der Waals surface area contributed by atoms with Gasteiger partial charge in [-0.05, 0) is 33.9 Å². The smallest absolute Gasteiger partial charge is 0.276 e. The number of nitrogens with zero attached hydrogens (tertiary/aromatic N) is 4. The second-order valence-corrected chi connectivity index (χ2v) is 12.0. The minimum atomic E-state index is 0.588. The number of thioether (sulfide) groups is 2. The van der Waals surface area contributed by atoms with Crippen LogP contribution >= 0.6 is 34.9 Å². The van der Waals surface area contributed by atoms with Crippen LogP contribution in [0.1, 0.15) is 22.6 Å². The first-order valence-electron chi connectivity index (χ1n) is 12.5. The summed E-state index contributed by atoms with van der Waals surface area (Å²) in [6, 6.07) is 37.6. The van der Waals surface area contributed by atoms with E-state index >= 15 is 0 Å². The topological polar surface area (TPSA) is 64.7 Å². The van der Waals surface area contributed by atoms with Crippen LogP contribution in [0.15, 0.2) is 123 Å². The molecular formula is C31H24N4OS3. The first kappa shape index (κ1) is 25.6. The van der Waals surface area contributed by atoms with Crippen molar-refractivity contribution in [2.45, 2.75) is 27.5 Å². The maximum atomic E-state index is 5.91. The number of rotatable bonds is 10. The SMILES string of the molecule is c1ccc(CSc2nnc(Cc3cccc(-c4cccc(-c5nnc(SCc6ccccc6)s5)c4)c3)o2)cc1. The molecule has 2 heterocycles. The van der Waals surface area contributed by atoms with Gasteiger partial charge in [-0.2, -0.15) is 0 Å². The lowest BCUT2D eigenvalue weighted by atomic mass is 10.00. The molecule has 0 amide bonds. The Balaban J connectivity index is 1.11. The fourth-order valence-corrected chi connectivity index (χ4v) is 6.60. The highest BCUT2D eigenvalue weighted by molar-refractivity contribution is 8.00. The number of benzene rings is 4. The van der Waals surface area contributed by atoms with Gasteiger partial charge in [0.1, 0.15) is 5.01 Å². The summed E-state index contributed by atoms with van der Waals surface area (Å²) in [6.07, 6.45) is 0.588. The van der Waals surface area contributed by atoms with Gasteiger partial charge in [0.2, 0.25) is 5.89 Å². The van der Waals surface area contributed by atoms with Gasteiger partial charge in [-0.25, -0.2) is 0 Å². The number of hydrogen-bond donors (Lipinski definition) is 0. The normalized spacial score (nSPS) is 11.1. The third-order valence-electron chi connectivity index (χ3n) is 5.99. The first-order chi connectivity index (χ1) is 19.3. The summed E-state index contributed by atoms with van der Waals surface area (Å²) < 4.78 is 6.88. The van der Waals surface area contributed by atoms with Crippen LogP contribution in [0, 0.1) is 0 Å². The van der Waals surface area contributed by atoms with Gasteiger partial charge >= 0.3 is 0 Å². The van der Waals surface area contributed by atoms with Gasteiger partial charge in [0, 0.05) is 17.1 Å². The summed E-state index contributed by atoms with van der Waals surface area (Å²) in [5.74, 6) is 2.30. The van der Waals surface area contributed by atoms with Crippen LogP contribution in [-0.2, 0) is 17.9 Å². The summed E-state index contributed by atoms with van der Waals surface area (Å²) in [5, 5.41) is 18.9. The van der Waals surface area contributed by atoms with E-state index in [0.29, 0.717) is 17.5 Å². The largest absolute Gasteiger partial charge is 0.416 e. The van der Waals surface area contributed by atoms with Gasteiger partial charge in [0.15, 0.2) is 4.34 Å². The van der Waals surface area contributed by atoms with Crippen LogP contribution in [0.25, 0.3) is 21.7 Å². The van der Waals surface area contributed by atoms with Gasteiger partial charge in [-0.15, -0.1) is 20.4 Å². The number of hydrogen-bond acceptors (Lipinski definition) is 8. The van der Waals surface area contributed by atoms with Crippen molar-refractivity contribution in [1.82, 2.24) is 20.4 Å². The van der Waals surface area contributed by atoms with Crippen molar-refractivity contribution in [2.24, 2.45) is 0 Å². The molecule has 8 heteroatoms. The first-order valence-corrected chi connectivity index (χ1v) is 15.3. The molecule has 2 aromatic heterocycles. The van der Waals surface area contributed by atoms with Crippen molar-refractivity contribution in [3.63, 3.8) is 0 Å². The van der Waals surface area contributed by atoms with Crippen molar-refractivity contribution in [2.75, 3.05) is 0 Å². The Morgan fingerprint density at radius 3 is 1.97 bits per heavy atom. The molecule has 0 atom stereocenters. The molecule has 0 bridgehead atoms. The Labute approximate surface area is 239 Å². The quantitative estimate of drug-likeness (QED) is 0.155. The molecule has 0 fully saturated rings. The van der Waals surface area contributed by atoms with Crippen LogP contribution < -0.4 is 0 Å². The van der Waals surface area contributed by atoms with Gasteiger partial charge in [-0.3, -0.25) is 0 Å². The van der Waals surface area contributed by atoms with Gasteiger partial charge in [0.05, 0.1) is 6.42 Å². The minimum absolute atomic E-state index is 0.588. The lowest BCUT2D eigenvalue weighted by Gasteiger charge is -2.06. The molecule has 39 heavy (non-hydrogen) atoms. The highest BCUT2D eigenvalue weighted by atomic mass is 32.2. The Hall–Kier alpha value is -3.72. The lowest BCUT2D eigenvalue weighted by Crippen LogP contribution is -1.89. The second kappa shape index (κ2) is 12.4. The molecule has 0 aliphatic carbocycles. The van der Waals surface area contributed by atoms with E-state index < -0.39 is 0 Å². The Kier molecular flexibility index (Phi) is 8.14. The molecule has 0 radical (unpaired) electrons. The fraction of sp³-hybridized carbons (Fsp3) is 0.0968. The van der Waals surface area contributed by atoms with Crippen molar-refractivity contribution in [1.29, 1.82) is 0 Å².